The third-order valence-electron chi connectivity index (χ3n) is 7.65. The fourth-order valence-electron chi connectivity index (χ4n) is 5.76. The van der Waals surface area contributed by atoms with Crippen LogP contribution in [0.15, 0.2) is 42.5 Å². The summed E-state index contributed by atoms with van der Waals surface area (Å²) in [6, 6.07) is 14.0. The predicted octanol–water partition coefficient (Wildman–Crippen LogP) is 4.86. The Bertz CT molecular complexity index is 1680. The number of amides is 1. The van der Waals surface area contributed by atoms with E-state index in [1.807, 2.05) is 54.3 Å². The number of piperazine rings is 1. The fraction of sp³-hybridized carbons (Fsp3) is 0.345. The van der Waals surface area contributed by atoms with E-state index in [0.717, 1.165) is 59.4 Å². The molecule has 1 fully saturated rings. The monoisotopic (exact) mass is 523 g/mol. The molecule has 5 aromatic rings. The standard InChI is InChI=1S/C29H29N7OS/c1-18-16-19(2)36-24(30-18)17-22(33-36)29(37)35-14-12-34(13-15-35)27-25-21-10-6-7-11-23(21)38-28(25)32-26(31-27)20-8-4-3-5-9-20/h3-5,8-9,16-17H,6-7,10-15H2,1-2H3. The maximum atomic E-state index is 13.4. The molecule has 1 aliphatic heterocycles. The number of thiophene rings is 1. The van der Waals surface area contributed by atoms with E-state index in [9.17, 15) is 4.79 Å². The number of hydrogen-bond acceptors (Lipinski definition) is 7. The molecule has 4 aromatic heterocycles. The van der Waals surface area contributed by atoms with Gasteiger partial charge in [-0.3, -0.25) is 4.79 Å². The second-order valence-corrected chi connectivity index (χ2v) is 11.3. The van der Waals surface area contributed by atoms with E-state index in [1.54, 1.807) is 10.6 Å². The topological polar surface area (TPSA) is 79.5 Å². The molecule has 8 nitrogen and oxygen atoms in total. The molecule has 2 aliphatic rings. The molecule has 0 bridgehead atoms. The first-order chi connectivity index (χ1) is 18.5. The third kappa shape index (κ3) is 3.93. The number of benzene rings is 1. The minimum Gasteiger partial charge on any atom is -0.352 e. The summed E-state index contributed by atoms with van der Waals surface area (Å²) in [5, 5.41) is 5.79. The minimum absolute atomic E-state index is 0.0436. The number of carbonyl (C=O) groups excluding carboxylic acids is 1. The molecule has 7 rings (SSSR count). The zero-order valence-corrected chi connectivity index (χ0v) is 22.5. The van der Waals surface area contributed by atoms with Crippen LogP contribution in [0.25, 0.3) is 27.3 Å². The fourth-order valence-corrected chi connectivity index (χ4v) is 7.01. The van der Waals surface area contributed by atoms with Crippen molar-refractivity contribution < 1.29 is 4.79 Å². The lowest BCUT2D eigenvalue weighted by atomic mass is 9.96. The highest BCUT2D eigenvalue weighted by molar-refractivity contribution is 7.19. The molecule has 0 spiro atoms. The number of anilines is 1. The zero-order chi connectivity index (χ0) is 25.8. The Balaban J connectivity index is 1.20. The zero-order valence-electron chi connectivity index (χ0n) is 21.6. The summed E-state index contributed by atoms with van der Waals surface area (Å²) < 4.78 is 1.75. The second kappa shape index (κ2) is 9.16. The molecular formula is C29H29N7OS. The summed E-state index contributed by atoms with van der Waals surface area (Å²) in [4.78, 5) is 34.9. The van der Waals surface area contributed by atoms with Crippen molar-refractivity contribution in [2.24, 2.45) is 0 Å². The van der Waals surface area contributed by atoms with Crippen LogP contribution >= 0.6 is 11.3 Å². The molecular weight excluding hydrogens is 494 g/mol. The highest BCUT2D eigenvalue weighted by Gasteiger charge is 2.29. The van der Waals surface area contributed by atoms with Gasteiger partial charge in [0.05, 0.1) is 5.39 Å². The number of aromatic nitrogens is 5. The first kappa shape index (κ1) is 23.3. The van der Waals surface area contributed by atoms with Gasteiger partial charge in [0.2, 0.25) is 0 Å². The largest absolute Gasteiger partial charge is 0.352 e. The van der Waals surface area contributed by atoms with Crippen LogP contribution in [0.2, 0.25) is 0 Å². The molecule has 5 heterocycles. The van der Waals surface area contributed by atoms with Gasteiger partial charge in [-0.25, -0.2) is 19.5 Å². The van der Waals surface area contributed by atoms with E-state index in [2.05, 4.69) is 27.1 Å². The van der Waals surface area contributed by atoms with Gasteiger partial charge in [-0.05, 0) is 51.2 Å². The summed E-state index contributed by atoms with van der Waals surface area (Å²) in [6.45, 7) is 6.63. The van der Waals surface area contributed by atoms with Crippen molar-refractivity contribution in [3.8, 4) is 11.4 Å². The lowest BCUT2D eigenvalue weighted by Gasteiger charge is -2.35. The van der Waals surface area contributed by atoms with Gasteiger partial charge in [0.15, 0.2) is 17.2 Å². The van der Waals surface area contributed by atoms with Gasteiger partial charge >= 0.3 is 0 Å². The smallest absolute Gasteiger partial charge is 0.274 e. The van der Waals surface area contributed by atoms with E-state index in [1.165, 1.54) is 28.7 Å². The average Bonchev–Trinajstić information content (AvgIpc) is 3.54. The van der Waals surface area contributed by atoms with Crippen LogP contribution in [0, 0.1) is 13.8 Å². The van der Waals surface area contributed by atoms with Crippen LogP contribution < -0.4 is 4.90 Å². The van der Waals surface area contributed by atoms with E-state index in [4.69, 9.17) is 9.97 Å². The molecule has 38 heavy (non-hydrogen) atoms. The van der Waals surface area contributed by atoms with Gasteiger partial charge in [-0.2, -0.15) is 5.10 Å². The number of nitrogens with zero attached hydrogens (tertiary/aromatic N) is 7. The van der Waals surface area contributed by atoms with Gasteiger partial charge in [0.1, 0.15) is 10.6 Å². The Morgan fingerprint density at radius 3 is 2.53 bits per heavy atom. The maximum Gasteiger partial charge on any atom is 0.274 e. The normalized spacial score (nSPS) is 15.8. The molecule has 1 aliphatic carbocycles. The van der Waals surface area contributed by atoms with Crippen molar-refractivity contribution in [3.63, 3.8) is 0 Å². The molecule has 0 radical (unpaired) electrons. The Labute approximate surface area is 225 Å². The predicted molar refractivity (Wildman–Crippen MR) is 150 cm³/mol. The van der Waals surface area contributed by atoms with E-state index < -0.39 is 0 Å². The van der Waals surface area contributed by atoms with Crippen LogP contribution in [0.1, 0.15) is 45.2 Å². The van der Waals surface area contributed by atoms with Gasteiger partial charge in [-0.1, -0.05) is 30.3 Å². The van der Waals surface area contributed by atoms with Gasteiger partial charge in [-0.15, -0.1) is 11.3 Å². The molecule has 1 aromatic carbocycles. The van der Waals surface area contributed by atoms with Crippen molar-refractivity contribution in [1.29, 1.82) is 0 Å². The van der Waals surface area contributed by atoms with Gasteiger partial charge in [0.25, 0.3) is 5.91 Å². The third-order valence-corrected chi connectivity index (χ3v) is 8.83. The molecule has 0 unspecified atom stereocenters. The number of aryl methyl sites for hydroxylation is 4. The summed E-state index contributed by atoms with van der Waals surface area (Å²) in [5.74, 6) is 1.74. The number of fused-ring (bicyclic) bond motifs is 4. The van der Waals surface area contributed by atoms with Gasteiger partial charge < -0.3 is 9.80 Å². The van der Waals surface area contributed by atoms with Crippen LogP contribution in [-0.4, -0.2) is 61.6 Å². The Morgan fingerprint density at radius 2 is 1.71 bits per heavy atom. The Hall–Kier alpha value is -3.85. The SMILES string of the molecule is Cc1cc(C)n2nc(C(=O)N3CCN(c4nc(-c5ccccc5)nc5sc6c(c45)CCCC6)CC3)cc2n1. The van der Waals surface area contributed by atoms with E-state index in [0.29, 0.717) is 24.4 Å². The molecule has 1 saturated heterocycles. The lowest BCUT2D eigenvalue weighted by molar-refractivity contribution is 0.0740. The molecule has 0 N–H and O–H groups in total. The quantitative estimate of drug-likeness (QED) is 0.336. The first-order valence-corrected chi connectivity index (χ1v) is 14.1. The lowest BCUT2D eigenvalue weighted by Crippen LogP contribution is -2.49. The second-order valence-electron chi connectivity index (χ2n) is 10.2. The molecule has 192 valence electrons. The molecule has 9 heteroatoms. The van der Waals surface area contributed by atoms with Gasteiger partial charge in [0, 0.05) is 54.1 Å². The first-order valence-electron chi connectivity index (χ1n) is 13.3. The van der Waals surface area contributed by atoms with Crippen LogP contribution in [-0.2, 0) is 12.8 Å². The van der Waals surface area contributed by atoms with Crippen molar-refractivity contribution in [2.75, 3.05) is 31.1 Å². The summed E-state index contributed by atoms with van der Waals surface area (Å²) in [6.07, 6.45) is 4.68. The number of carbonyl (C=O) groups is 1. The van der Waals surface area contributed by atoms with Crippen molar-refractivity contribution in [1.82, 2.24) is 29.5 Å². The summed E-state index contributed by atoms with van der Waals surface area (Å²) in [7, 11) is 0. The number of rotatable bonds is 3. The van der Waals surface area contributed by atoms with E-state index >= 15 is 0 Å². The van der Waals surface area contributed by atoms with Crippen LogP contribution in [0.3, 0.4) is 0 Å². The molecule has 0 atom stereocenters. The Morgan fingerprint density at radius 1 is 0.921 bits per heavy atom. The maximum absolute atomic E-state index is 13.4. The van der Waals surface area contributed by atoms with Crippen LogP contribution in [0.5, 0.6) is 0 Å². The van der Waals surface area contributed by atoms with Crippen molar-refractivity contribution in [3.05, 3.63) is 70.0 Å². The number of hydrogen-bond donors (Lipinski definition) is 0. The van der Waals surface area contributed by atoms with E-state index in [-0.39, 0.29) is 5.91 Å². The summed E-state index contributed by atoms with van der Waals surface area (Å²) >= 11 is 1.83. The van der Waals surface area contributed by atoms with Crippen molar-refractivity contribution in [2.45, 2.75) is 39.5 Å². The highest BCUT2D eigenvalue weighted by Crippen LogP contribution is 2.41. The van der Waals surface area contributed by atoms with Crippen molar-refractivity contribution >= 4 is 38.9 Å². The molecule has 0 saturated carbocycles. The van der Waals surface area contributed by atoms with Crippen LogP contribution in [0.4, 0.5) is 5.82 Å². The summed E-state index contributed by atoms with van der Waals surface area (Å²) in [5.41, 5.74) is 5.52. The molecule has 1 amide bonds. The highest BCUT2D eigenvalue weighted by atomic mass is 32.1. The Kier molecular flexibility index (Phi) is 5.61. The minimum atomic E-state index is -0.0436. The average molecular weight is 524 g/mol.